The van der Waals surface area contributed by atoms with Gasteiger partial charge in [-0.3, -0.25) is 9.59 Å². The minimum absolute atomic E-state index is 0.167. The van der Waals surface area contributed by atoms with Crippen LogP contribution in [0.25, 0.3) is 10.8 Å². The number of hydrogen-bond acceptors (Lipinski definition) is 5. The van der Waals surface area contributed by atoms with Crippen molar-refractivity contribution in [2.75, 3.05) is 6.54 Å². The van der Waals surface area contributed by atoms with Crippen molar-refractivity contribution in [1.82, 2.24) is 30.8 Å². The van der Waals surface area contributed by atoms with Gasteiger partial charge >= 0.3 is 0 Å². The number of nitrogens with zero attached hydrogens (tertiary/aromatic N) is 2. The Kier molecular flexibility index (Phi) is 3.58. The number of hydrogen-bond donors (Lipinski definition) is 4. The number of amides is 1. The van der Waals surface area contributed by atoms with E-state index in [9.17, 15) is 9.59 Å². The second-order valence-electron chi connectivity index (χ2n) is 5.67. The van der Waals surface area contributed by atoms with Gasteiger partial charge in [-0.1, -0.05) is 18.2 Å². The van der Waals surface area contributed by atoms with Crippen LogP contribution in [0.5, 0.6) is 0 Å². The highest BCUT2D eigenvalue weighted by Crippen LogP contribution is 2.19. The third-order valence-electron chi connectivity index (χ3n) is 4.22. The highest BCUT2D eigenvalue weighted by Gasteiger charge is 2.28. The number of H-pyrrole nitrogens is 2. The second kappa shape index (κ2) is 5.89. The lowest BCUT2D eigenvalue weighted by molar-refractivity contribution is -0.123. The first kappa shape index (κ1) is 14.6. The Morgan fingerprint density at radius 2 is 2.12 bits per heavy atom. The summed E-state index contributed by atoms with van der Waals surface area (Å²) in [6.07, 6.45) is 2.43. The number of imidazole rings is 1. The SMILES string of the molecule is O=C(NCc1n[nH]c(=O)c2ccccc12)[C@@H]1NCCc2[nH]cnc21. The zero-order valence-electron chi connectivity index (χ0n) is 12.8. The first-order chi connectivity index (χ1) is 11.7. The fourth-order valence-corrected chi connectivity index (χ4v) is 3.01. The summed E-state index contributed by atoms with van der Waals surface area (Å²) in [5, 5.41) is 13.9. The van der Waals surface area contributed by atoms with Crippen LogP contribution in [0.15, 0.2) is 35.4 Å². The zero-order chi connectivity index (χ0) is 16.5. The first-order valence-corrected chi connectivity index (χ1v) is 7.73. The maximum Gasteiger partial charge on any atom is 0.272 e. The Bertz CT molecular complexity index is 960. The third-order valence-corrected chi connectivity index (χ3v) is 4.22. The molecule has 0 saturated heterocycles. The molecular weight excluding hydrogens is 308 g/mol. The van der Waals surface area contributed by atoms with Gasteiger partial charge in [0.25, 0.3) is 5.56 Å². The Balaban J connectivity index is 1.55. The molecule has 0 fully saturated rings. The van der Waals surface area contributed by atoms with Crippen LogP contribution in [0.1, 0.15) is 23.1 Å². The van der Waals surface area contributed by atoms with Gasteiger partial charge in [0.15, 0.2) is 0 Å². The molecule has 0 radical (unpaired) electrons. The number of fused-ring (bicyclic) bond motifs is 2. The molecule has 1 aliphatic heterocycles. The van der Waals surface area contributed by atoms with Crippen LogP contribution in [0.2, 0.25) is 0 Å². The molecule has 0 spiro atoms. The molecule has 8 nitrogen and oxygen atoms in total. The van der Waals surface area contributed by atoms with Gasteiger partial charge < -0.3 is 15.6 Å². The predicted octanol–water partition coefficient (Wildman–Crippen LogP) is 0.149. The lowest BCUT2D eigenvalue weighted by atomic mass is 10.0. The Hall–Kier alpha value is -3.00. The molecule has 1 amide bonds. The normalized spacial score (nSPS) is 16.8. The minimum Gasteiger partial charge on any atom is -0.349 e. The standard InChI is InChI=1S/C16H16N6O2/c23-15-10-4-2-1-3-9(10)12(21-22-15)7-18-16(24)14-13-11(5-6-17-14)19-8-20-13/h1-4,8,14,17H,5-7H2,(H,18,24)(H,19,20)(H,22,23)/t14-/m1/s1. The van der Waals surface area contributed by atoms with Crippen molar-refractivity contribution < 1.29 is 4.79 Å². The molecule has 3 aromatic rings. The van der Waals surface area contributed by atoms with Gasteiger partial charge in [-0.2, -0.15) is 5.10 Å². The van der Waals surface area contributed by atoms with Crippen molar-refractivity contribution in [3.8, 4) is 0 Å². The molecule has 122 valence electrons. The number of nitrogens with one attached hydrogen (secondary N) is 4. The number of aromatic nitrogens is 4. The van der Waals surface area contributed by atoms with Crippen LogP contribution in [0.3, 0.4) is 0 Å². The number of carbonyl (C=O) groups excluding carboxylic acids is 1. The second-order valence-corrected chi connectivity index (χ2v) is 5.67. The first-order valence-electron chi connectivity index (χ1n) is 7.73. The molecule has 0 bridgehead atoms. The molecule has 1 aromatic carbocycles. The quantitative estimate of drug-likeness (QED) is 0.547. The Morgan fingerprint density at radius 3 is 3.00 bits per heavy atom. The van der Waals surface area contributed by atoms with E-state index in [1.54, 1.807) is 18.5 Å². The van der Waals surface area contributed by atoms with E-state index >= 15 is 0 Å². The number of carbonyl (C=O) groups is 1. The number of benzene rings is 1. The highest BCUT2D eigenvalue weighted by atomic mass is 16.2. The molecule has 24 heavy (non-hydrogen) atoms. The summed E-state index contributed by atoms with van der Waals surface area (Å²) in [4.78, 5) is 31.6. The van der Waals surface area contributed by atoms with Crippen molar-refractivity contribution in [2.24, 2.45) is 0 Å². The predicted molar refractivity (Wildman–Crippen MR) is 87.2 cm³/mol. The molecule has 0 aliphatic carbocycles. The van der Waals surface area contributed by atoms with Gasteiger partial charge in [-0.15, -0.1) is 0 Å². The van der Waals surface area contributed by atoms with E-state index in [1.807, 2.05) is 12.1 Å². The third kappa shape index (κ3) is 2.46. The highest BCUT2D eigenvalue weighted by molar-refractivity contribution is 5.85. The lowest BCUT2D eigenvalue weighted by Crippen LogP contribution is -2.41. The minimum atomic E-state index is -0.478. The average molecular weight is 324 g/mol. The van der Waals surface area contributed by atoms with Crippen molar-refractivity contribution >= 4 is 16.7 Å². The van der Waals surface area contributed by atoms with Crippen molar-refractivity contribution in [3.63, 3.8) is 0 Å². The summed E-state index contributed by atoms with van der Waals surface area (Å²) < 4.78 is 0. The van der Waals surface area contributed by atoms with E-state index in [4.69, 9.17) is 0 Å². The molecule has 1 atom stereocenters. The van der Waals surface area contributed by atoms with E-state index in [0.29, 0.717) is 17.6 Å². The van der Waals surface area contributed by atoms with E-state index in [-0.39, 0.29) is 18.0 Å². The molecule has 4 rings (SSSR count). The van der Waals surface area contributed by atoms with Gasteiger partial charge in [0.1, 0.15) is 6.04 Å². The maximum absolute atomic E-state index is 12.5. The van der Waals surface area contributed by atoms with E-state index in [0.717, 1.165) is 23.2 Å². The number of aromatic amines is 2. The average Bonchev–Trinajstić information content (AvgIpc) is 3.10. The maximum atomic E-state index is 12.5. The number of rotatable bonds is 3. The summed E-state index contributed by atoms with van der Waals surface area (Å²) >= 11 is 0. The van der Waals surface area contributed by atoms with Crippen LogP contribution in [-0.2, 0) is 17.8 Å². The summed E-state index contributed by atoms with van der Waals surface area (Å²) in [5.41, 5.74) is 2.10. The molecular formula is C16H16N6O2. The monoisotopic (exact) mass is 324 g/mol. The van der Waals surface area contributed by atoms with Gasteiger partial charge in [0.05, 0.1) is 29.6 Å². The molecule has 0 saturated carbocycles. The fraction of sp³-hybridized carbons (Fsp3) is 0.250. The smallest absolute Gasteiger partial charge is 0.272 e. The largest absolute Gasteiger partial charge is 0.349 e. The van der Waals surface area contributed by atoms with E-state index in [1.165, 1.54) is 0 Å². The van der Waals surface area contributed by atoms with Gasteiger partial charge in [0, 0.05) is 24.0 Å². The summed E-state index contributed by atoms with van der Waals surface area (Å²) in [7, 11) is 0. The van der Waals surface area contributed by atoms with E-state index < -0.39 is 6.04 Å². The molecule has 8 heteroatoms. The van der Waals surface area contributed by atoms with Crippen molar-refractivity contribution in [1.29, 1.82) is 0 Å². The molecule has 0 unspecified atom stereocenters. The van der Waals surface area contributed by atoms with Crippen LogP contribution >= 0.6 is 0 Å². The molecule has 4 N–H and O–H groups in total. The van der Waals surface area contributed by atoms with Crippen LogP contribution in [0.4, 0.5) is 0 Å². The van der Waals surface area contributed by atoms with Crippen molar-refractivity contribution in [2.45, 2.75) is 19.0 Å². The summed E-state index contributed by atoms with van der Waals surface area (Å²) in [6, 6.07) is 6.72. The van der Waals surface area contributed by atoms with Gasteiger partial charge in [-0.05, 0) is 6.07 Å². The summed E-state index contributed by atoms with van der Waals surface area (Å²) in [6.45, 7) is 0.946. The fourth-order valence-electron chi connectivity index (χ4n) is 3.01. The van der Waals surface area contributed by atoms with Crippen LogP contribution < -0.4 is 16.2 Å². The van der Waals surface area contributed by atoms with Crippen molar-refractivity contribution in [3.05, 3.63) is 58.0 Å². The Labute approximate surface area is 136 Å². The van der Waals surface area contributed by atoms with Crippen LogP contribution in [0, 0.1) is 0 Å². The molecule has 2 aromatic heterocycles. The lowest BCUT2D eigenvalue weighted by Gasteiger charge is -2.22. The molecule has 1 aliphatic rings. The van der Waals surface area contributed by atoms with Gasteiger partial charge in [0.2, 0.25) is 5.91 Å². The summed E-state index contributed by atoms with van der Waals surface area (Å²) in [5.74, 6) is -0.167. The topological polar surface area (TPSA) is 116 Å². The van der Waals surface area contributed by atoms with Gasteiger partial charge in [-0.25, -0.2) is 10.1 Å². The molecule has 3 heterocycles. The Morgan fingerprint density at radius 1 is 1.29 bits per heavy atom. The van der Waals surface area contributed by atoms with E-state index in [2.05, 4.69) is 30.8 Å². The zero-order valence-corrected chi connectivity index (χ0v) is 12.8. The van der Waals surface area contributed by atoms with Crippen LogP contribution in [-0.4, -0.2) is 32.6 Å².